The summed E-state index contributed by atoms with van der Waals surface area (Å²) >= 11 is 0. The third kappa shape index (κ3) is 4.18. The van der Waals surface area contributed by atoms with Gasteiger partial charge >= 0.3 is 6.09 Å². The molecule has 2 atom stereocenters. The van der Waals surface area contributed by atoms with Crippen LogP contribution in [0.4, 0.5) is 25.2 Å². The molecule has 12 nitrogen and oxygen atoms in total. The minimum atomic E-state index is -0.655. The highest BCUT2D eigenvalue weighted by molar-refractivity contribution is 5.95. The van der Waals surface area contributed by atoms with E-state index in [1.165, 1.54) is 11.1 Å². The summed E-state index contributed by atoms with van der Waals surface area (Å²) in [6.07, 6.45) is 5.05. The summed E-state index contributed by atoms with van der Waals surface area (Å²) in [5, 5.41) is 5.93. The van der Waals surface area contributed by atoms with E-state index in [4.69, 9.17) is 9.47 Å². The van der Waals surface area contributed by atoms with E-state index in [1.54, 1.807) is 0 Å². The fourth-order valence-corrected chi connectivity index (χ4v) is 7.11. The fraction of sp³-hybridized carbons (Fsp3) is 0.536. The van der Waals surface area contributed by atoms with Crippen LogP contribution in [0.5, 0.6) is 5.88 Å². The first-order chi connectivity index (χ1) is 20.4. The Kier molecular flexibility index (Phi) is 5.87. The molecule has 0 saturated carbocycles. The number of nitrogens with one attached hydrogen (secondary N) is 3. The molecule has 5 aliphatic rings. The lowest BCUT2D eigenvalue weighted by molar-refractivity contribution is -0.118. The van der Waals surface area contributed by atoms with Crippen molar-refractivity contribution in [1.29, 1.82) is 0 Å². The predicted molar refractivity (Wildman–Crippen MR) is 145 cm³/mol. The van der Waals surface area contributed by atoms with E-state index in [0.29, 0.717) is 68.8 Å². The Bertz CT molecular complexity index is 1570. The van der Waals surface area contributed by atoms with Crippen molar-refractivity contribution in [1.82, 2.24) is 30.2 Å². The maximum Gasteiger partial charge on any atom is 0.416 e. The molecule has 1 aliphatic carbocycles. The number of amides is 2. The topological polar surface area (TPSA) is 138 Å². The molecule has 42 heavy (non-hydrogen) atoms. The number of rotatable bonds is 4. The molecule has 0 radical (unpaired) electrons. The average Bonchev–Trinajstić information content (AvgIpc) is 3.79. The third-order valence-corrected chi connectivity index (χ3v) is 9.27. The zero-order valence-corrected chi connectivity index (χ0v) is 22.8. The van der Waals surface area contributed by atoms with Gasteiger partial charge in [-0.3, -0.25) is 9.69 Å². The van der Waals surface area contributed by atoms with Crippen LogP contribution in [0.2, 0.25) is 0 Å². The highest BCUT2D eigenvalue weighted by Crippen LogP contribution is 2.39. The SMILES string of the molecule is O=C1COc2ncc(N3CC4(CCN(CC5Cc6c(c(F)c7[nH]c([C@@H]8CCCN8)nc7c6F)C5)CC4)OC3=O)nc2N1. The number of aromatic nitrogens is 4. The van der Waals surface area contributed by atoms with E-state index in [-0.39, 0.29) is 58.8 Å². The number of piperidine rings is 1. The van der Waals surface area contributed by atoms with Crippen LogP contribution in [-0.2, 0) is 22.4 Å². The fourth-order valence-electron chi connectivity index (χ4n) is 7.11. The number of fused-ring (bicyclic) bond motifs is 3. The summed E-state index contributed by atoms with van der Waals surface area (Å²) in [5.41, 5.74) is 0.520. The summed E-state index contributed by atoms with van der Waals surface area (Å²) in [5.74, 6) is 0.245. The van der Waals surface area contributed by atoms with Gasteiger partial charge in [0.2, 0.25) is 0 Å². The van der Waals surface area contributed by atoms with Gasteiger partial charge in [0.15, 0.2) is 29.9 Å². The second-order valence-corrected chi connectivity index (χ2v) is 12.0. The lowest BCUT2D eigenvalue weighted by Gasteiger charge is -2.38. The molecule has 2 aromatic heterocycles. The van der Waals surface area contributed by atoms with Crippen LogP contribution >= 0.6 is 0 Å². The second-order valence-electron chi connectivity index (χ2n) is 12.0. The van der Waals surface area contributed by atoms with Gasteiger partial charge in [0, 0.05) is 32.5 Å². The van der Waals surface area contributed by atoms with Crippen LogP contribution in [0.15, 0.2) is 6.20 Å². The standard InChI is InChI=1S/C28H30F2N8O4/c29-20-15-8-14(9-16(15)21(30)23-22(20)35-24(36-23)17-2-1-5-31-17)11-37-6-3-28(4-7-37)13-38(27(40)42-28)18-10-32-26-25(33-18)34-19(39)12-41-26/h10,14,17,31H,1-9,11-13H2,(H,35,36)(H,33,34,39)/t17-/m0/s1. The third-order valence-electron chi connectivity index (χ3n) is 9.27. The molecule has 3 aromatic rings. The lowest BCUT2D eigenvalue weighted by Crippen LogP contribution is -2.48. The van der Waals surface area contributed by atoms with Gasteiger partial charge in [0.25, 0.3) is 11.8 Å². The summed E-state index contributed by atoms with van der Waals surface area (Å²) in [4.78, 5) is 44.3. The van der Waals surface area contributed by atoms with Crippen molar-refractivity contribution in [2.45, 2.75) is 50.2 Å². The van der Waals surface area contributed by atoms with Gasteiger partial charge in [-0.2, -0.15) is 0 Å². The van der Waals surface area contributed by atoms with Crippen molar-refractivity contribution in [2.75, 3.05) is 49.5 Å². The second kappa shape index (κ2) is 9.56. The van der Waals surface area contributed by atoms with Crippen LogP contribution < -0.4 is 20.3 Å². The number of imidazole rings is 1. The summed E-state index contributed by atoms with van der Waals surface area (Å²) in [7, 11) is 0. The van der Waals surface area contributed by atoms with Crippen molar-refractivity contribution in [3.8, 4) is 5.88 Å². The summed E-state index contributed by atoms with van der Waals surface area (Å²) in [6, 6.07) is 0.00982. The molecule has 3 fully saturated rings. The molecule has 4 aliphatic heterocycles. The number of hydrogen-bond acceptors (Lipinski definition) is 9. The Balaban J connectivity index is 0.918. The number of carbonyl (C=O) groups excluding carboxylic acids is 2. The first kappa shape index (κ1) is 25.8. The van der Waals surface area contributed by atoms with Gasteiger partial charge in [0.05, 0.1) is 18.8 Å². The number of H-pyrrole nitrogens is 1. The first-order valence-corrected chi connectivity index (χ1v) is 14.5. The number of nitrogens with zero attached hydrogens (tertiary/aromatic N) is 5. The van der Waals surface area contributed by atoms with Crippen molar-refractivity contribution in [3.05, 3.63) is 34.8 Å². The number of halogens is 2. The summed E-state index contributed by atoms with van der Waals surface area (Å²) in [6.45, 7) is 3.16. The molecule has 14 heteroatoms. The van der Waals surface area contributed by atoms with Crippen LogP contribution in [0, 0.1) is 17.6 Å². The summed E-state index contributed by atoms with van der Waals surface area (Å²) < 4.78 is 42.2. The molecule has 3 N–H and O–H groups in total. The maximum absolute atomic E-state index is 15.6. The maximum atomic E-state index is 15.6. The molecule has 1 unspecified atom stereocenters. The van der Waals surface area contributed by atoms with Crippen molar-refractivity contribution >= 4 is 34.7 Å². The average molecular weight is 581 g/mol. The van der Waals surface area contributed by atoms with E-state index in [1.807, 2.05) is 0 Å². The highest BCUT2D eigenvalue weighted by Gasteiger charge is 2.48. The van der Waals surface area contributed by atoms with E-state index in [0.717, 1.165) is 19.4 Å². The largest absolute Gasteiger partial charge is 0.465 e. The molecule has 1 aromatic carbocycles. The Labute approximate surface area is 239 Å². The molecule has 0 bridgehead atoms. The lowest BCUT2D eigenvalue weighted by atomic mass is 9.90. The van der Waals surface area contributed by atoms with Gasteiger partial charge in [-0.25, -0.2) is 28.5 Å². The molecule has 8 rings (SSSR count). The molecular weight excluding hydrogens is 550 g/mol. The Hall–Kier alpha value is -3.91. The van der Waals surface area contributed by atoms with Crippen LogP contribution in [0.1, 0.15) is 48.7 Å². The molecule has 1 spiro atoms. The van der Waals surface area contributed by atoms with Crippen LogP contribution in [0.3, 0.4) is 0 Å². The minimum Gasteiger partial charge on any atom is -0.465 e. The molecule has 2 amide bonds. The molecule has 220 valence electrons. The first-order valence-electron chi connectivity index (χ1n) is 14.5. The van der Waals surface area contributed by atoms with Crippen molar-refractivity contribution < 1.29 is 27.8 Å². The van der Waals surface area contributed by atoms with Crippen LogP contribution in [0.25, 0.3) is 11.0 Å². The van der Waals surface area contributed by atoms with Crippen molar-refractivity contribution in [2.24, 2.45) is 5.92 Å². The zero-order valence-electron chi connectivity index (χ0n) is 22.8. The van der Waals surface area contributed by atoms with E-state index >= 15 is 8.78 Å². The Morgan fingerprint density at radius 3 is 2.69 bits per heavy atom. The van der Waals surface area contributed by atoms with E-state index < -0.39 is 17.5 Å². The number of likely N-dealkylation sites (tertiary alicyclic amines) is 1. The normalized spacial score (nSPS) is 23.8. The monoisotopic (exact) mass is 580 g/mol. The highest BCUT2D eigenvalue weighted by atomic mass is 19.1. The number of aromatic amines is 1. The van der Waals surface area contributed by atoms with Gasteiger partial charge < -0.3 is 30.0 Å². The van der Waals surface area contributed by atoms with Gasteiger partial charge in [-0.15, -0.1) is 0 Å². The number of hydrogen-bond donors (Lipinski definition) is 3. The predicted octanol–water partition coefficient (Wildman–Crippen LogP) is 2.59. The number of benzene rings is 1. The van der Waals surface area contributed by atoms with E-state index in [2.05, 4.69) is 35.5 Å². The number of carbonyl (C=O) groups is 2. The molecular formula is C28H30F2N8O4. The van der Waals surface area contributed by atoms with E-state index in [9.17, 15) is 9.59 Å². The quantitative estimate of drug-likeness (QED) is 0.425. The minimum absolute atomic E-state index is 0.00982. The zero-order chi connectivity index (χ0) is 28.6. The van der Waals surface area contributed by atoms with Gasteiger partial charge in [-0.05, 0) is 49.3 Å². The number of ether oxygens (including phenoxy) is 2. The van der Waals surface area contributed by atoms with Crippen molar-refractivity contribution in [3.63, 3.8) is 0 Å². The van der Waals surface area contributed by atoms with Gasteiger partial charge in [-0.1, -0.05) is 0 Å². The smallest absolute Gasteiger partial charge is 0.416 e. The van der Waals surface area contributed by atoms with Gasteiger partial charge in [0.1, 0.15) is 22.5 Å². The molecule has 6 heterocycles. The van der Waals surface area contributed by atoms with Crippen LogP contribution in [-0.4, -0.2) is 81.8 Å². The Morgan fingerprint density at radius 2 is 1.90 bits per heavy atom. The number of anilines is 2. The molecule has 3 saturated heterocycles. The Morgan fingerprint density at radius 1 is 1.10 bits per heavy atom.